The molecule has 9 nitrogen and oxygen atoms in total. The molecule has 1 aromatic carbocycles. The first-order chi connectivity index (χ1) is 13.8. The van der Waals surface area contributed by atoms with E-state index in [9.17, 15) is 19.8 Å². The zero-order valence-corrected chi connectivity index (χ0v) is 15.9. The number of carbonyl (C=O) groups is 1. The second-order valence-corrected chi connectivity index (χ2v) is 6.74. The molecule has 4 atom stereocenters. The number of carbonyl (C=O) groups excluding carboxylic acids is 1. The summed E-state index contributed by atoms with van der Waals surface area (Å²) in [5.41, 5.74) is 1.10. The summed E-state index contributed by atoms with van der Waals surface area (Å²) < 4.78 is 11.5. The molecule has 1 aliphatic rings. The first-order valence-electron chi connectivity index (χ1n) is 8.91. The van der Waals surface area contributed by atoms with Crippen LogP contribution in [0.3, 0.4) is 0 Å². The molecule has 2 aromatic rings. The van der Waals surface area contributed by atoms with Crippen LogP contribution in [0.5, 0.6) is 0 Å². The van der Waals surface area contributed by atoms with Gasteiger partial charge >= 0.3 is 11.8 Å². The summed E-state index contributed by atoms with van der Waals surface area (Å²) in [5.74, 6) is 2.17. The molecule has 3 rings (SSSR count). The van der Waals surface area contributed by atoms with Crippen LogP contribution in [-0.2, 0) is 16.1 Å². The molecule has 152 valence electrons. The molecule has 1 saturated heterocycles. The van der Waals surface area contributed by atoms with Gasteiger partial charge in [0.25, 0.3) is 0 Å². The SMILES string of the molecule is C#Cc1cn([C@@H]2O[C@H](C)C(O)C2O)c(=O)nc1NC(=O)OCc1cccc(C)c1. The zero-order chi connectivity index (χ0) is 21.1. The Labute approximate surface area is 166 Å². The molecular formula is C20H21N3O6. The van der Waals surface area contributed by atoms with Gasteiger partial charge in [-0.2, -0.15) is 4.98 Å². The second-order valence-electron chi connectivity index (χ2n) is 6.74. The number of aromatic nitrogens is 2. The first kappa shape index (κ1) is 20.5. The van der Waals surface area contributed by atoms with Gasteiger partial charge in [-0.05, 0) is 19.4 Å². The van der Waals surface area contributed by atoms with Crippen LogP contribution in [0.25, 0.3) is 0 Å². The summed E-state index contributed by atoms with van der Waals surface area (Å²) in [6, 6.07) is 7.46. The minimum Gasteiger partial charge on any atom is -0.444 e. The number of hydrogen-bond acceptors (Lipinski definition) is 7. The Morgan fingerprint density at radius 3 is 2.79 bits per heavy atom. The summed E-state index contributed by atoms with van der Waals surface area (Å²) in [6.07, 6.45) is 1.56. The molecule has 2 unspecified atom stereocenters. The van der Waals surface area contributed by atoms with E-state index in [4.69, 9.17) is 15.9 Å². The highest BCUT2D eigenvalue weighted by atomic mass is 16.6. The highest BCUT2D eigenvalue weighted by Crippen LogP contribution is 2.28. The number of benzene rings is 1. The number of aliphatic hydroxyl groups is 2. The Hall–Kier alpha value is -3.19. The number of ether oxygens (including phenoxy) is 2. The van der Waals surface area contributed by atoms with Crippen LogP contribution in [0.1, 0.15) is 29.8 Å². The van der Waals surface area contributed by atoms with Crippen molar-refractivity contribution in [2.45, 2.75) is 45.0 Å². The van der Waals surface area contributed by atoms with Crippen LogP contribution in [0, 0.1) is 19.3 Å². The molecule has 0 saturated carbocycles. The van der Waals surface area contributed by atoms with E-state index in [1.165, 1.54) is 6.20 Å². The van der Waals surface area contributed by atoms with Gasteiger partial charge in [0, 0.05) is 6.20 Å². The van der Waals surface area contributed by atoms with E-state index in [-0.39, 0.29) is 18.0 Å². The van der Waals surface area contributed by atoms with Crippen molar-refractivity contribution in [2.75, 3.05) is 5.32 Å². The van der Waals surface area contributed by atoms with Crippen molar-refractivity contribution in [1.82, 2.24) is 9.55 Å². The van der Waals surface area contributed by atoms with E-state index in [1.807, 2.05) is 31.2 Å². The second kappa shape index (κ2) is 8.45. The number of aliphatic hydroxyl groups excluding tert-OH is 2. The lowest BCUT2D eigenvalue weighted by molar-refractivity contribution is -0.0350. The van der Waals surface area contributed by atoms with Gasteiger partial charge in [-0.1, -0.05) is 35.7 Å². The molecule has 9 heteroatoms. The first-order valence-corrected chi connectivity index (χ1v) is 8.91. The summed E-state index contributed by atoms with van der Waals surface area (Å²) in [4.78, 5) is 28.2. The van der Waals surface area contributed by atoms with Crippen molar-refractivity contribution >= 4 is 11.9 Å². The van der Waals surface area contributed by atoms with E-state index < -0.39 is 36.3 Å². The predicted molar refractivity (Wildman–Crippen MR) is 103 cm³/mol. The Morgan fingerprint density at radius 2 is 2.17 bits per heavy atom. The molecule has 0 spiro atoms. The van der Waals surface area contributed by atoms with Crippen LogP contribution >= 0.6 is 0 Å². The fourth-order valence-electron chi connectivity index (χ4n) is 2.99. The van der Waals surface area contributed by atoms with Gasteiger partial charge in [-0.25, -0.2) is 9.59 Å². The zero-order valence-electron chi connectivity index (χ0n) is 15.9. The van der Waals surface area contributed by atoms with Gasteiger partial charge in [0.15, 0.2) is 12.0 Å². The lowest BCUT2D eigenvalue weighted by Crippen LogP contribution is -2.36. The molecule has 1 aromatic heterocycles. The molecule has 0 radical (unpaired) electrons. The van der Waals surface area contributed by atoms with Gasteiger partial charge in [0.2, 0.25) is 0 Å². The van der Waals surface area contributed by atoms with Crippen molar-refractivity contribution in [1.29, 1.82) is 0 Å². The van der Waals surface area contributed by atoms with Crippen LogP contribution in [0.4, 0.5) is 10.6 Å². The Bertz CT molecular complexity index is 1010. The van der Waals surface area contributed by atoms with E-state index in [1.54, 1.807) is 6.92 Å². The minimum atomic E-state index is -1.33. The number of nitrogens with one attached hydrogen (secondary N) is 1. The quantitative estimate of drug-likeness (QED) is 0.654. The Morgan fingerprint density at radius 1 is 1.41 bits per heavy atom. The van der Waals surface area contributed by atoms with Crippen molar-refractivity contribution in [3.8, 4) is 12.3 Å². The van der Waals surface area contributed by atoms with E-state index in [2.05, 4.69) is 16.2 Å². The van der Waals surface area contributed by atoms with Gasteiger partial charge in [0.1, 0.15) is 18.8 Å². The van der Waals surface area contributed by atoms with Gasteiger partial charge < -0.3 is 19.7 Å². The van der Waals surface area contributed by atoms with Crippen LogP contribution in [0.15, 0.2) is 35.3 Å². The number of rotatable bonds is 4. The van der Waals surface area contributed by atoms with Gasteiger partial charge in [-0.3, -0.25) is 9.88 Å². The molecule has 1 fully saturated rings. The molecular weight excluding hydrogens is 378 g/mol. The van der Waals surface area contributed by atoms with Gasteiger partial charge in [0.05, 0.1) is 11.7 Å². The third-order valence-corrected chi connectivity index (χ3v) is 4.53. The normalized spacial score (nSPS) is 23.4. The average molecular weight is 399 g/mol. The smallest absolute Gasteiger partial charge is 0.413 e. The summed E-state index contributed by atoms with van der Waals surface area (Å²) in [6.45, 7) is 3.52. The summed E-state index contributed by atoms with van der Waals surface area (Å²) in [5, 5.41) is 22.3. The van der Waals surface area contributed by atoms with E-state index in [0.29, 0.717) is 0 Å². The number of terminal acetylenes is 1. The molecule has 1 amide bonds. The highest BCUT2D eigenvalue weighted by molar-refractivity contribution is 5.84. The van der Waals surface area contributed by atoms with Crippen molar-refractivity contribution < 1.29 is 24.5 Å². The highest BCUT2D eigenvalue weighted by Gasteiger charge is 2.42. The monoisotopic (exact) mass is 399 g/mol. The van der Waals surface area contributed by atoms with Crippen LogP contribution in [-0.4, -0.2) is 44.2 Å². The summed E-state index contributed by atoms with van der Waals surface area (Å²) >= 11 is 0. The Balaban J connectivity index is 1.75. The molecule has 3 N–H and O–H groups in total. The predicted octanol–water partition coefficient (Wildman–Crippen LogP) is 0.921. The van der Waals surface area contributed by atoms with E-state index >= 15 is 0 Å². The standard InChI is InChI=1S/C20H21N3O6/c1-4-14-9-23(18-16(25)15(24)12(3)29-18)19(26)21-17(14)22-20(27)28-10-13-7-5-6-11(2)8-13/h1,5-9,12,15-16,18,24-25H,10H2,2-3H3,(H,21,22,26,27)/t12-,15?,16?,18-/m1/s1. The number of amides is 1. The third kappa shape index (κ3) is 4.46. The van der Waals surface area contributed by atoms with Crippen molar-refractivity contribution in [2.24, 2.45) is 0 Å². The minimum absolute atomic E-state index is 0.0356. The van der Waals surface area contributed by atoms with Crippen molar-refractivity contribution in [3.63, 3.8) is 0 Å². The topological polar surface area (TPSA) is 123 Å². The third-order valence-electron chi connectivity index (χ3n) is 4.53. The molecule has 1 aliphatic heterocycles. The average Bonchev–Trinajstić information content (AvgIpc) is 2.94. The maximum atomic E-state index is 12.4. The maximum Gasteiger partial charge on any atom is 0.413 e. The maximum absolute atomic E-state index is 12.4. The van der Waals surface area contributed by atoms with Gasteiger partial charge in [-0.15, -0.1) is 6.42 Å². The van der Waals surface area contributed by atoms with Crippen LogP contribution in [0.2, 0.25) is 0 Å². The molecule has 2 heterocycles. The number of hydrogen-bond donors (Lipinski definition) is 3. The lowest BCUT2D eigenvalue weighted by Gasteiger charge is -2.18. The Kier molecular flexibility index (Phi) is 5.98. The van der Waals surface area contributed by atoms with E-state index in [0.717, 1.165) is 15.7 Å². The molecule has 29 heavy (non-hydrogen) atoms. The number of aryl methyl sites for hydroxylation is 1. The fourth-order valence-corrected chi connectivity index (χ4v) is 2.99. The molecule has 0 aliphatic carbocycles. The summed E-state index contributed by atoms with van der Waals surface area (Å²) in [7, 11) is 0. The van der Waals surface area contributed by atoms with Crippen LogP contribution < -0.4 is 11.0 Å². The lowest BCUT2D eigenvalue weighted by atomic mass is 10.1. The molecule has 0 bridgehead atoms. The number of anilines is 1. The number of nitrogens with zero attached hydrogens (tertiary/aromatic N) is 2. The largest absolute Gasteiger partial charge is 0.444 e. The fraction of sp³-hybridized carbons (Fsp3) is 0.350. The van der Waals surface area contributed by atoms with Crippen molar-refractivity contribution in [3.05, 3.63) is 57.6 Å².